The fourth-order valence-corrected chi connectivity index (χ4v) is 1.45. The summed E-state index contributed by atoms with van der Waals surface area (Å²) in [6, 6.07) is 0. The molecule has 64 valence electrons. The lowest BCUT2D eigenvalue weighted by Gasteiger charge is -2.17. The van der Waals surface area contributed by atoms with Crippen LogP contribution in [-0.2, 0) is 7.86 Å². The summed E-state index contributed by atoms with van der Waals surface area (Å²) >= 11 is 1.77. The Kier molecular flexibility index (Phi) is 3.58. The molecule has 0 aliphatic carbocycles. The van der Waals surface area contributed by atoms with E-state index in [4.69, 9.17) is 3.07 Å². The number of amides is 1. The molecular weight excluding hydrogens is 257 g/mol. The van der Waals surface area contributed by atoms with Gasteiger partial charge in [-0.05, 0) is 19.8 Å². The van der Waals surface area contributed by atoms with Gasteiger partial charge >= 0.3 is 0 Å². The number of carbonyl (C=O) groups is 1. The summed E-state index contributed by atoms with van der Waals surface area (Å²) in [4.78, 5) is 13.2. The van der Waals surface area contributed by atoms with Gasteiger partial charge in [-0.3, -0.25) is 4.79 Å². The monoisotopic (exact) mass is 269 g/mol. The second kappa shape index (κ2) is 4.25. The van der Waals surface area contributed by atoms with E-state index in [0.717, 1.165) is 25.9 Å². The summed E-state index contributed by atoms with van der Waals surface area (Å²) in [5, 5.41) is 0. The van der Waals surface area contributed by atoms with E-state index in [2.05, 4.69) is 0 Å². The van der Waals surface area contributed by atoms with Crippen molar-refractivity contribution >= 4 is 28.9 Å². The average molecular weight is 269 g/mol. The first-order valence-corrected chi connectivity index (χ1v) is 4.70. The molecule has 0 bridgehead atoms. The molecule has 1 aliphatic heterocycles. The van der Waals surface area contributed by atoms with Gasteiger partial charge in [-0.2, -0.15) is 0 Å². The van der Waals surface area contributed by atoms with Crippen LogP contribution in [0.4, 0.5) is 0 Å². The predicted molar refractivity (Wildman–Crippen MR) is 50.4 cm³/mol. The number of likely N-dealkylation sites (tertiary alicyclic amines) is 1. The fraction of sp³-hybridized carbons (Fsp3) is 0.857. The van der Waals surface area contributed by atoms with Crippen molar-refractivity contribution < 1.29 is 7.86 Å². The van der Waals surface area contributed by atoms with Gasteiger partial charge in [-0.1, -0.05) is 0 Å². The molecular formula is C7H12INO2. The predicted octanol–water partition coefficient (Wildman–Crippen LogP) is 1.36. The first-order valence-electron chi connectivity index (χ1n) is 3.82. The van der Waals surface area contributed by atoms with E-state index in [1.165, 1.54) is 0 Å². The molecule has 0 radical (unpaired) electrons. The fourth-order valence-electron chi connectivity index (χ4n) is 1.23. The van der Waals surface area contributed by atoms with Crippen LogP contribution < -0.4 is 0 Å². The Bertz CT molecular complexity index is 145. The second-order valence-electron chi connectivity index (χ2n) is 2.76. The summed E-state index contributed by atoms with van der Waals surface area (Å²) in [6.45, 7) is 3.60. The number of hydrogen-bond acceptors (Lipinski definition) is 2. The second-order valence-corrected chi connectivity index (χ2v) is 3.27. The van der Waals surface area contributed by atoms with Crippen LogP contribution in [0.3, 0.4) is 0 Å². The Morgan fingerprint density at radius 2 is 2.09 bits per heavy atom. The molecule has 4 heteroatoms. The molecule has 0 spiro atoms. The summed E-state index contributed by atoms with van der Waals surface area (Å²) in [5.74, 6) is 0.122. The van der Waals surface area contributed by atoms with Crippen molar-refractivity contribution in [3.05, 3.63) is 0 Å². The summed E-state index contributed by atoms with van der Waals surface area (Å²) < 4.78 is 4.90. The maximum Gasteiger partial charge on any atom is 0.252 e. The first kappa shape index (κ1) is 9.25. The molecule has 3 nitrogen and oxygen atoms in total. The molecule has 11 heavy (non-hydrogen) atoms. The van der Waals surface area contributed by atoms with Crippen molar-refractivity contribution in [1.29, 1.82) is 0 Å². The quantitative estimate of drug-likeness (QED) is 0.708. The van der Waals surface area contributed by atoms with Gasteiger partial charge in [-0.25, -0.2) is 0 Å². The highest BCUT2D eigenvalue weighted by Gasteiger charge is 2.22. The van der Waals surface area contributed by atoms with Crippen LogP contribution in [0.5, 0.6) is 0 Å². The molecule has 1 saturated heterocycles. The van der Waals surface area contributed by atoms with Crippen molar-refractivity contribution in [2.24, 2.45) is 0 Å². The number of hydrogen-bond donors (Lipinski definition) is 0. The van der Waals surface area contributed by atoms with Gasteiger partial charge in [0.25, 0.3) is 5.91 Å². The van der Waals surface area contributed by atoms with Gasteiger partial charge in [0, 0.05) is 13.1 Å². The van der Waals surface area contributed by atoms with E-state index in [9.17, 15) is 4.79 Å². The number of nitrogens with zero attached hydrogens (tertiary/aromatic N) is 1. The van der Waals surface area contributed by atoms with E-state index >= 15 is 0 Å². The molecule has 1 atom stereocenters. The molecule has 0 aromatic carbocycles. The lowest BCUT2D eigenvalue weighted by molar-refractivity contribution is -0.135. The highest BCUT2D eigenvalue weighted by molar-refractivity contribution is 14.1. The standard InChI is InChI=1S/C7H12INO2/c1-6(11-8)7(10)9-4-2-3-5-9/h6H,2-5H2,1H3. The Balaban J connectivity index is 2.39. The third kappa shape index (κ3) is 2.30. The average Bonchev–Trinajstić information content (AvgIpc) is 2.53. The Morgan fingerprint density at radius 1 is 1.55 bits per heavy atom. The van der Waals surface area contributed by atoms with Gasteiger partial charge in [0.15, 0.2) is 0 Å². The van der Waals surface area contributed by atoms with Crippen LogP contribution in [0.25, 0.3) is 0 Å². The van der Waals surface area contributed by atoms with E-state index in [1.54, 1.807) is 29.9 Å². The molecule has 1 heterocycles. The van der Waals surface area contributed by atoms with E-state index in [-0.39, 0.29) is 12.0 Å². The zero-order chi connectivity index (χ0) is 8.27. The third-order valence-corrected chi connectivity index (χ3v) is 2.66. The van der Waals surface area contributed by atoms with Crippen molar-refractivity contribution in [1.82, 2.24) is 4.90 Å². The lowest BCUT2D eigenvalue weighted by atomic mass is 10.3. The molecule has 0 aromatic rings. The molecule has 0 aromatic heterocycles. The van der Waals surface area contributed by atoms with Crippen molar-refractivity contribution in [2.45, 2.75) is 25.9 Å². The Hall–Kier alpha value is 0.160. The molecule has 0 N–H and O–H groups in total. The van der Waals surface area contributed by atoms with Crippen molar-refractivity contribution in [2.75, 3.05) is 13.1 Å². The third-order valence-electron chi connectivity index (χ3n) is 1.90. The van der Waals surface area contributed by atoms with Crippen LogP contribution in [-0.4, -0.2) is 30.0 Å². The lowest BCUT2D eigenvalue weighted by Crippen LogP contribution is -2.35. The van der Waals surface area contributed by atoms with E-state index < -0.39 is 0 Å². The molecule has 1 aliphatic rings. The minimum Gasteiger partial charge on any atom is -0.340 e. The van der Waals surface area contributed by atoms with E-state index in [1.807, 2.05) is 4.90 Å². The molecule has 0 saturated carbocycles. The smallest absolute Gasteiger partial charge is 0.252 e. The summed E-state index contributed by atoms with van der Waals surface area (Å²) in [7, 11) is 0. The minimum atomic E-state index is -0.284. The Labute approximate surface area is 80.8 Å². The van der Waals surface area contributed by atoms with Crippen LogP contribution >= 0.6 is 23.0 Å². The van der Waals surface area contributed by atoms with Crippen molar-refractivity contribution in [3.63, 3.8) is 0 Å². The van der Waals surface area contributed by atoms with Gasteiger partial charge in [0.2, 0.25) is 0 Å². The SMILES string of the molecule is CC(OI)C(=O)N1CCCC1. The summed E-state index contributed by atoms with van der Waals surface area (Å²) in [5.41, 5.74) is 0. The minimum absolute atomic E-state index is 0.122. The normalized spacial score (nSPS) is 20.4. The first-order chi connectivity index (χ1) is 5.25. The zero-order valence-electron chi connectivity index (χ0n) is 6.55. The maximum atomic E-state index is 11.4. The van der Waals surface area contributed by atoms with Crippen molar-refractivity contribution in [3.8, 4) is 0 Å². The van der Waals surface area contributed by atoms with Crippen LogP contribution in [0.15, 0.2) is 0 Å². The largest absolute Gasteiger partial charge is 0.340 e. The van der Waals surface area contributed by atoms with Gasteiger partial charge < -0.3 is 7.97 Å². The van der Waals surface area contributed by atoms with E-state index in [0.29, 0.717) is 0 Å². The highest BCUT2D eigenvalue weighted by Crippen LogP contribution is 2.11. The van der Waals surface area contributed by atoms with Crippen LogP contribution in [0.1, 0.15) is 19.8 Å². The van der Waals surface area contributed by atoms with Gasteiger partial charge in [-0.15, -0.1) is 0 Å². The molecule has 1 amide bonds. The van der Waals surface area contributed by atoms with Crippen LogP contribution in [0, 0.1) is 0 Å². The number of halogens is 1. The van der Waals surface area contributed by atoms with Gasteiger partial charge in [0.05, 0.1) is 0 Å². The Morgan fingerprint density at radius 3 is 2.55 bits per heavy atom. The highest BCUT2D eigenvalue weighted by atomic mass is 127. The van der Waals surface area contributed by atoms with Crippen LogP contribution in [0.2, 0.25) is 0 Å². The molecule has 1 fully saturated rings. The maximum absolute atomic E-state index is 11.4. The molecule has 1 unspecified atom stereocenters. The molecule has 1 rings (SSSR count). The van der Waals surface area contributed by atoms with Gasteiger partial charge in [0.1, 0.15) is 29.1 Å². The number of carbonyl (C=O) groups excluding carboxylic acids is 1. The zero-order valence-corrected chi connectivity index (χ0v) is 8.70. The number of rotatable bonds is 2. The topological polar surface area (TPSA) is 29.5 Å². The summed E-state index contributed by atoms with van der Waals surface area (Å²) in [6.07, 6.45) is 1.99.